The third-order valence-electron chi connectivity index (χ3n) is 3.88. The summed E-state index contributed by atoms with van der Waals surface area (Å²) in [7, 11) is 0. The molecular weight excluding hydrogens is 288 g/mol. The zero-order valence-electron chi connectivity index (χ0n) is 11.8. The van der Waals surface area contributed by atoms with Crippen LogP contribution in [-0.4, -0.2) is 25.6 Å². The highest BCUT2D eigenvalue weighted by molar-refractivity contribution is 5.48. The Balaban J connectivity index is 1.57. The van der Waals surface area contributed by atoms with E-state index in [9.17, 15) is 8.78 Å². The minimum Gasteiger partial charge on any atom is -0.366 e. The number of benzene rings is 1. The van der Waals surface area contributed by atoms with Crippen molar-refractivity contribution in [1.82, 2.24) is 19.6 Å². The van der Waals surface area contributed by atoms with Crippen molar-refractivity contribution in [2.45, 2.75) is 25.3 Å². The maximum Gasteiger partial charge on any atom is 0.254 e. The fraction of sp³-hybridized carbons (Fsp3) is 0.267. The van der Waals surface area contributed by atoms with Crippen molar-refractivity contribution in [3.05, 3.63) is 53.5 Å². The van der Waals surface area contributed by atoms with E-state index in [0.29, 0.717) is 5.78 Å². The summed E-state index contributed by atoms with van der Waals surface area (Å²) in [4.78, 5) is 8.36. The van der Waals surface area contributed by atoms with Gasteiger partial charge in [-0.25, -0.2) is 13.8 Å². The molecular formula is C15H13F2N5. The Bertz CT molecular complexity index is 860. The number of rotatable bonds is 3. The number of halogens is 2. The van der Waals surface area contributed by atoms with E-state index < -0.39 is 11.6 Å². The van der Waals surface area contributed by atoms with E-state index in [1.807, 2.05) is 13.0 Å². The van der Waals surface area contributed by atoms with Gasteiger partial charge in [0.1, 0.15) is 12.1 Å². The van der Waals surface area contributed by atoms with Gasteiger partial charge in [-0.1, -0.05) is 6.07 Å². The van der Waals surface area contributed by atoms with Crippen LogP contribution in [0, 0.1) is 18.6 Å². The molecule has 2 heterocycles. The third-order valence-corrected chi connectivity index (χ3v) is 3.88. The van der Waals surface area contributed by atoms with Crippen LogP contribution >= 0.6 is 0 Å². The van der Waals surface area contributed by atoms with Gasteiger partial charge in [0.15, 0.2) is 11.6 Å². The second kappa shape index (κ2) is 4.72. The lowest BCUT2D eigenvalue weighted by molar-refractivity contribution is 0.507. The zero-order chi connectivity index (χ0) is 15.3. The molecule has 2 atom stereocenters. The second-order valence-electron chi connectivity index (χ2n) is 5.52. The summed E-state index contributed by atoms with van der Waals surface area (Å²) in [6, 6.07) is 6.13. The number of anilines is 1. The van der Waals surface area contributed by atoms with Gasteiger partial charge in [-0.2, -0.15) is 14.6 Å². The maximum absolute atomic E-state index is 13.3. The summed E-state index contributed by atoms with van der Waals surface area (Å²) in [5.74, 6) is -0.116. The lowest BCUT2D eigenvalue weighted by atomic mass is 10.1. The summed E-state index contributed by atoms with van der Waals surface area (Å²) in [6.45, 7) is 1.89. The van der Waals surface area contributed by atoms with E-state index in [1.54, 1.807) is 10.6 Å². The summed E-state index contributed by atoms with van der Waals surface area (Å²) in [5, 5.41) is 7.51. The molecule has 1 saturated carbocycles. The van der Waals surface area contributed by atoms with Crippen molar-refractivity contribution in [2.75, 3.05) is 5.32 Å². The standard InChI is InChI=1S/C15H13F2N5/c1-8-4-14(22-15(20-8)18-7-19-22)21-13-6-10(13)9-2-3-11(16)12(17)5-9/h2-5,7,10,13,21H,6H2,1H3/t10-,13+/m1/s1. The highest BCUT2D eigenvalue weighted by Crippen LogP contribution is 2.43. The van der Waals surface area contributed by atoms with Gasteiger partial charge >= 0.3 is 0 Å². The first-order chi connectivity index (χ1) is 10.6. The van der Waals surface area contributed by atoms with Crippen molar-refractivity contribution < 1.29 is 8.78 Å². The Morgan fingerprint density at radius 3 is 2.91 bits per heavy atom. The maximum atomic E-state index is 13.3. The highest BCUT2D eigenvalue weighted by Gasteiger charge is 2.39. The Hall–Kier alpha value is -2.57. The fourth-order valence-corrected chi connectivity index (χ4v) is 2.69. The molecule has 1 fully saturated rings. The summed E-state index contributed by atoms with van der Waals surface area (Å²) in [6.07, 6.45) is 2.31. The molecule has 2 aromatic heterocycles. The number of aryl methyl sites for hydroxylation is 1. The van der Waals surface area contributed by atoms with Crippen LogP contribution in [0.2, 0.25) is 0 Å². The van der Waals surface area contributed by atoms with E-state index in [0.717, 1.165) is 23.5 Å². The van der Waals surface area contributed by atoms with Gasteiger partial charge in [0.2, 0.25) is 0 Å². The monoisotopic (exact) mass is 301 g/mol. The molecule has 5 nitrogen and oxygen atoms in total. The number of hydrogen-bond donors (Lipinski definition) is 1. The largest absolute Gasteiger partial charge is 0.366 e. The molecule has 0 bridgehead atoms. The van der Waals surface area contributed by atoms with Gasteiger partial charge < -0.3 is 5.32 Å². The molecule has 1 N–H and O–H groups in total. The summed E-state index contributed by atoms with van der Waals surface area (Å²) >= 11 is 0. The van der Waals surface area contributed by atoms with Crippen LogP contribution in [0.3, 0.4) is 0 Å². The molecule has 1 aromatic carbocycles. The number of hydrogen-bond acceptors (Lipinski definition) is 4. The first-order valence-corrected chi connectivity index (χ1v) is 7.00. The fourth-order valence-electron chi connectivity index (χ4n) is 2.69. The Morgan fingerprint density at radius 2 is 2.09 bits per heavy atom. The van der Waals surface area contributed by atoms with Crippen LogP contribution in [0.5, 0.6) is 0 Å². The van der Waals surface area contributed by atoms with Crippen molar-refractivity contribution in [2.24, 2.45) is 0 Å². The van der Waals surface area contributed by atoms with Crippen molar-refractivity contribution in [3.63, 3.8) is 0 Å². The lowest BCUT2D eigenvalue weighted by Crippen LogP contribution is -2.10. The van der Waals surface area contributed by atoms with E-state index >= 15 is 0 Å². The molecule has 0 aliphatic heterocycles. The first kappa shape index (κ1) is 13.1. The van der Waals surface area contributed by atoms with Crippen LogP contribution in [-0.2, 0) is 0 Å². The lowest BCUT2D eigenvalue weighted by Gasteiger charge is -2.08. The smallest absolute Gasteiger partial charge is 0.254 e. The molecule has 22 heavy (non-hydrogen) atoms. The molecule has 0 saturated heterocycles. The average Bonchev–Trinajstić information content (AvgIpc) is 3.07. The minimum atomic E-state index is -0.817. The Kier molecular flexibility index (Phi) is 2.82. The van der Waals surface area contributed by atoms with Crippen LogP contribution < -0.4 is 5.32 Å². The number of fused-ring (bicyclic) bond motifs is 1. The summed E-state index contributed by atoms with van der Waals surface area (Å²) in [5.41, 5.74) is 1.64. The van der Waals surface area contributed by atoms with Crippen LogP contribution in [0.4, 0.5) is 14.6 Å². The van der Waals surface area contributed by atoms with Crippen LogP contribution in [0.25, 0.3) is 5.78 Å². The van der Waals surface area contributed by atoms with Gasteiger partial charge in [0.05, 0.1) is 0 Å². The number of aromatic nitrogens is 4. The van der Waals surface area contributed by atoms with Crippen molar-refractivity contribution in [1.29, 1.82) is 0 Å². The first-order valence-electron chi connectivity index (χ1n) is 7.00. The zero-order valence-corrected chi connectivity index (χ0v) is 11.8. The minimum absolute atomic E-state index is 0.166. The normalized spacial score (nSPS) is 20.3. The molecule has 3 aromatic rings. The molecule has 1 aliphatic rings. The Labute approximate surface area is 125 Å². The number of nitrogens with zero attached hydrogens (tertiary/aromatic N) is 4. The topological polar surface area (TPSA) is 55.1 Å². The van der Waals surface area contributed by atoms with Gasteiger partial charge in [0.25, 0.3) is 5.78 Å². The molecule has 0 unspecified atom stereocenters. The van der Waals surface area contributed by atoms with E-state index in [1.165, 1.54) is 18.5 Å². The second-order valence-corrected chi connectivity index (χ2v) is 5.52. The SMILES string of the molecule is Cc1cc(N[C@H]2C[C@@H]2c2ccc(F)c(F)c2)n2ncnc2n1. The van der Waals surface area contributed by atoms with Crippen LogP contribution in [0.1, 0.15) is 23.6 Å². The predicted molar refractivity (Wildman–Crippen MR) is 76.6 cm³/mol. The molecule has 1 aliphatic carbocycles. The van der Waals surface area contributed by atoms with E-state index in [4.69, 9.17) is 0 Å². The quantitative estimate of drug-likeness (QED) is 0.808. The average molecular weight is 301 g/mol. The predicted octanol–water partition coefficient (Wildman–Crippen LogP) is 2.68. The van der Waals surface area contributed by atoms with Gasteiger partial charge in [-0.05, 0) is 31.0 Å². The number of nitrogens with one attached hydrogen (secondary N) is 1. The van der Waals surface area contributed by atoms with Gasteiger partial charge in [-0.3, -0.25) is 0 Å². The van der Waals surface area contributed by atoms with Crippen molar-refractivity contribution >= 4 is 11.6 Å². The molecule has 112 valence electrons. The molecule has 0 spiro atoms. The van der Waals surface area contributed by atoms with Gasteiger partial charge in [-0.15, -0.1) is 0 Å². The molecule has 4 rings (SSSR count). The third kappa shape index (κ3) is 2.18. The molecule has 0 amide bonds. The molecule has 7 heteroatoms. The summed E-state index contributed by atoms with van der Waals surface area (Å²) < 4.78 is 27.9. The van der Waals surface area contributed by atoms with Crippen molar-refractivity contribution in [3.8, 4) is 0 Å². The van der Waals surface area contributed by atoms with E-state index in [2.05, 4.69) is 20.4 Å². The van der Waals surface area contributed by atoms with E-state index in [-0.39, 0.29) is 12.0 Å². The van der Waals surface area contributed by atoms with Crippen LogP contribution in [0.15, 0.2) is 30.6 Å². The Morgan fingerprint density at radius 1 is 1.23 bits per heavy atom. The molecule has 0 radical (unpaired) electrons. The highest BCUT2D eigenvalue weighted by atomic mass is 19.2. The van der Waals surface area contributed by atoms with Gasteiger partial charge in [0, 0.05) is 23.7 Å².